The molecule has 1 fully saturated rings. The van der Waals surface area contributed by atoms with E-state index in [0.717, 1.165) is 37.8 Å². The minimum atomic E-state index is -0.385. The lowest BCUT2D eigenvalue weighted by atomic mass is 9.88. The molecule has 0 aromatic heterocycles. The van der Waals surface area contributed by atoms with E-state index in [0.29, 0.717) is 12.3 Å². The highest BCUT2D eigenvalue weighted by Crippen LogP contribution is 2.42. The zero-order chi connectivity index (χ0) is 15.4. The number of esters is 1. The maximum Gasteiger partial charge on any atom is 0.413 e. The lowest BCUT2D eigenvalue weighted by molar-refractivity contribution is -0.136. The number of rotatable bonds is 4. The van der Waals surface area contributed by atoms with Crippen molar-refractivity contribution in [1.29, 1.82) is 0 Å². The Kier molecular flexibility index (Phi) is 5.04. The molecule has 116 valence electrons. The average Bonchev–Trinajstić information content (AvgIpc) is 2.81. The number of hydrogen-bond donors (Lipinski definition) is 0. The van der Waals surface area contributed by atoms with Crippen LogP contribution in [0.2, 0.25) is 0 Å². The smallest absolute Gasteiger partial charge is 0.413 e. The number of hydrogen-bond acceptors (Lipinski definition) is 4. The van der Waals surface area contributed by atoms with E-state index in [2.05, 4.69) is 6.92 Å². The molecule has 21 heavy (non-hydrogen) atoms. The Labute approximate surface area is 125 Å². The number of allylic oxidation sites excluding steroid dienone is 2. The second-order valence-corrected chi connectivity index (χ2v) is 5.48. The highest BCUT2D eigenvalue weighted by atomic mass is 16.5. The fourth-order valence-corrected chi connectivity index (χ4v) is 3.07. The van der Waals surface area contributed by atoms with Gasteiger partial charge in [-0.3, -0.25) is 9.69 Å². The second kappa shape index (κ2) is 6.78. The number of carbonyl (C=O) groups is 2. The molecule has 0 aromatic carbocycles. The molecule has 0 N–H and O–H groups in total. The molecule has 2 rings (SSSR count). The van der Waals surface area contributed by atoms with Crippen molar-refractivity contribution in [3.05, 3.63) is 23.1 Å². The van der Waals surface area contributed by atoms with Crippen LogP contribution in [-0.2, 0) is 14.3 Å². The maximum atomic E-state index is 12.0. The van der Waals surface area contributed by atoms with Gasteiger partial charge in [-0.05, 0) is 31.8 Å². The fraction of sp³-hybridized carbons (Fsp3) is 0.625. The van der Waals surface area contributed by atoms with Crippen LogP contribution in [0.15, 0.2) is 23.1 Å². The number of nitrogens with zero attached hydrogens (tertiary/aromatic N) is 1. The third-order valence-corrected chi connectivity index (χ3v) is 3.98. The molecule has 1 amide bonds. The number of methoxy groups -OCH3 is 1. The maximum absolute atomic E-state index is 12.0. The topological polar surface area (TPSA) is 55.8 Å². The van der Waals surface area contributed by atoms with E-state index >= 15 is 0 Å². The van der Waals surface area contributed by atoms with Gasteiger partial charge < -0.3 is 9.47 Å². The number of fused-ring (bicyclic) bond motifs is 1. The predicted octanol–water partition coefficient (Wildman–Crippen LogP) is 3.37. The van der Waals surface area contributed by atoms with E-state index in [1.807, 2.05) is 6.08 Å². The minimum Gasteiger partial charge on any atom is -0.452 e. The largest absolute Gasteiger partial charge is 0.452 e. The van der Waals surface area contributed by atoms with Gasteiger partial charge in [0.05, 0.1) is 12.8 Å². The van der Waals surface area contributed by atoms with Gasteiger partial charge in [-0.15, -0.1) is 0 Å². The van der Waals surface area contributed by atoms with Crippen LogP contribution in [0.3, 0.4) is 0 Å². The van der Waals surface area contributed by atoms with E-state index in [4.69, 9.17) is 9.47 Å². The van der Waals surface area contributed by atoms with Crippen LogP contribution < -0.4 is 0 Å². The third kappa shape index (κ3) is 3.28. The number of carbonyl (C=O) groups excluding carboxylic acids is 2. The van der Waals surface area contributed by atoms with Gasteiger partial charge in [0, 0.05) is 19.4 Å². The molecule has 1 aliphatic carbocycles. The quantitative estimate of drug-likeness (QED) is 0.746. The first-order valence-corrected chi connectivity index (χ1v) is 7.57. The van der Waals surface area contributed by atoms with Crippen LogP contribution >= 0.6 is 0 Å². The van der Waals surface area contributed by atoms with Crippen molar-refractivity contribution in [2.45, 2.75) is 46.0 Å². The van der Waals surface area contributed by atoms with Crippen molar-refractivity contribution in [3.8, 4) is 0 Å². The normalized spacial score (nSPS) is 21.0. The Morgan fingerprint density at radius 1 is 1.43 bits per heavy atom. The minimum absolute atomic E-state index is 0.179. The van der Waals surface area contributed by atoms with E-state index < -0.39 is 0 Å². The Balaban J connectivity index is 2.30. The summed E-state index contributed by atoms with van der Waals surface area (Å²) in [7, 11) is 1.37. The summed E-state index contributed by atoms with van der Waals surface area (Å²) in [4.78, 5) is 24.9. The number of piperidine rings is 1. The zero-order valence-electron chi connectivity index (χ0n) is 13.0. The number of amides is 1. The Morgan fingerprint density at radius 2 is 2.19 bits per heavy atom. The van der Waals surface area contributed by atoms with Crippen molar-refractivity contribution in [2.24, 2.45) is 5.92 Å². The molecule has 1 unspecified atom stereocenters. The molecular formula is C16H23NO4. The summed E-state index contributed by atoms with van der Waals surface area (Å²) in [6, 6.07) is 0. The molecule has 1 saturated heterocycles. The van der Waals surface area contributed by atoms with Crippen LogP contribution in [-0.4, -0.2) is 30.6 Å². The summed E-state index contributed by atoms with van der Waals surface area (Å²) in [6.45, 7) is 4.14. The van der Waals surface area contributed by atoms with E-state index in [1.165, 1.54) is 19.6 Å². The van der Waals surface area contributed by atoms with Crippen molar-refractivity contribution in [1.82, 2.24) is 4.90 Å². The first-order chi connectivity index (χ1) is 10.1. The van der Waals surface area contributed by atoms with Gasteiger partial charge in [0.15, 0.2) is 5.76 Å². The van der Waals surface area contributed by atoms with Gasteiger partial charge in [0.2, 0.25) is 0 Å². The number of unbranched alkanes of at least 4 members (excludes halogenated alkanes) is 1. The van der Waals surface area contributed by atoms with Gasteiger partial charge in [-0.25, -0.2) is 4.79 Å². The SMILES string of the molecule is CCCCC1=CC(OC(C)=O)=C2C1CCCN2C(=O)OC. The molecule has 1 aliphatic heterocycles. The van der Waals surface area contributed by atoms with Gasteiger partial charge in [-0.1, -0.05) is 18.9 Å². The molecule has 0 saturated carbocycles. The first kappa shape index (κ1) is 15.6. The van der Waals surface area contributed by atoms with Gasteiger partial charge in [-0.2, -0.15) is 0 Å². The van der Waals surface area contributed by atoms with Crippen molar-refractivity contribution in [3.63, 3.8) is 0 Å². The highest BCUT2D eigenvalue weighted by Gasteiger charge is 2.38. The Bertz CT molecular complexity index is 493. The van der Waals surface area contributed by atoms with E-state index in [9.17, 15) is 9.59 Å². The van der Waals surface area contributed by atoms with E-state index in [-0.39, 0.29) is 18.0 Å². The van der Waals surface area contributed by atoms with Crippen molar-refractivity contribution < 1.29 is 19.1 Å². The summed E-state index contributed by atoms with van der Waals surface area (Å²) >= 11 is 0. The molecule has 2 aliphatic rings. The molecule has 0 spiro atoms. The summed E-state index contributed by atoms with van der Waals surface area (Å²) in [5.74, 6) is 0.335. The second-order valence-electron chi connectivity index (χ2n) is 5.48. The first-order valence-electron chi connectivity index (χ1n) is 7.57. The molecule has 5 nitrogen and oxygen atoms in total. The molecular weight excluding hydrogens is 270 g/mol. The van der Waals surface area contributed by atoms with Gasteiger partial charge in [0.25, 0.3) is 0 Å². The van der Waals surface area contributed by atoms with Crippen LogP contribution in [0.25, 0.3) is 0 Å². The number of likely N-dealkylation sites (tertiary alicyclic amines) is 1. The molecule has 1 heterocycles. The summed E-state index contributed by atoms with van der Waals surface area (Å²) in [5, 5.41) is 0. The predicted molar refractivity (Wildman–Crippen MR) is 78.2 cm³/mol. The fourth-order valence-electron chi connectivity index (χ4n) is 3.07. The van der Waals surface area contributed by atoms with Gasteiger partial charge >= 0.3 is 12.1 Å². The summed E-state index contributed by atoms with van der Waals surface area (Å²) in [5.41, 5.74) is 2.06. The molecule has 0 aromatic rings. The summed E-state index contributed by atoms with van der Waals surface area (Å²) < 4.78 is 10.2. The Morgan fingerprint density at radius 3 is 2.81 bits per heavy atom. The summed E-state index contributed by atoms with van der Waals surface area (Å²) in [6.07, 6.45) is 6.67. The van der Waals surface area contributed by atoms with Crippen LogP contribution in [0, 0.1) is 5.92 Å². The molecule has 0 radical (unpaired) electrons. The Hall–Kier alpha value is -1.78. The van der Waals surface area contributed by atoms with Crippen LogP contribution in [0.5, 0.6) is 0 Å². The molecule has 1 atom stereocenters. The van der Waals surface area contributed by atoms with Crippen molar-refractivity contribution >= 4 is 12.1 Å². The van der Waals surface area contributed by atoms with Gasteiger partial charge in [0.1, 0.15) is 0 Å². The monoisotopic (exact) mass is 293 g/mol. The standard InChI is InChI=1S/C16H23NO4/c1-4-5-7-12-10-14(21-11(2)18)15-13(12)8-6-9-17(15)16(19)20-3/h10,13H,4-9H2,1-3H3. The third-order valence-electron chi connectivity index (χ3n) is 3.98. The lowest BCUT2D eigenvalue weighted by Crippen LogP contribution is -2.38. The lowest BCUT2D eigenvalue weighted by Gasteiger charge is -2.33. The molecule has 0 bridgehead atoms. The van der Waals surface area contributed by atoms with Crippen molar-refractivity contribution in [2.75, 3.05) is 13.7 Å². The number of ether oxygens (including phenoxy) is 2. The zero-order valence-corrected chi connectivity index (χ0v) is 13.0. The van der Waals surface area contributed by atoms with E-state index in [1.54, 1.807) is 4.90 Å². The highest BCUT2D eigenvalue weighted by molar-refractivity contribution is 5.73. The van der Waals surface area contributed by atoms with Crippen LogP contribution in [0.1, 0.15) is 46.0 Å². The molecule has 5 heteroatoms. The average molecular weight is 293 g/mol. The van der Waals surface area contributed by atoms with Crippen LogP contribution in [0.4, 0.5) is 4.79 Å².